The average Bonchev–Trinajstić information content (AvgIpc) is 3.29. The van der Waals surface area contributed by atoms with Gasteiger partial charge in [-0.25, -0.2) is 0 Å². The van der Waals surface area contributed by atoms with Crippen LogP contribution < -0.4 is 5.32 Å². The molecule has 0 radical (unpaired) electrons. The second-order valence-electron chi connectivity index (χ2n) is 19.6. The Bertz CT molecular complexity index is 858. The van der Waals surface area contributed by atoms with Crippen LogP contribution in [0.15, 0.2) is 0 Å². The van der Waals surface area contributed by atoms with Crippen molar-refractivity contribution < 1.29 is 18.1 Å². The molecule has 5 nitrogen and oxygen atoms in total. The van der Waals surface area contributed by atoms with Crippen molar-refractivity contribution in [2.75, 3.05) is 32.6 Å². The van der Waals surface area contributed by atoms with Gasteiger partial charge in [0.25, 0.3) is 0 Å². The SMILES string of the molecule is CCCCCCCCCCCCCCCCCCC(CO[Si](CCCSC(=O)CCCCCCCCCCC)(OCCCCCCCCCC)OCCCCCCCCCC)NC. The number of nitrogens with one attached hydrogen (secondary N) is 1. The minimum Gasteiger partial charge on any atom is -0.373 e. The van der Waals surface area contributed by atoms with E-state index >= 15 is 0 Å². The maximum absolute atomic E-state index is 12.9. The lowest BCUT2D eigenvalue weighted by Crippen LogP contribution is -2.49. The Labute approximate surface area is 402 Å². The summed E-state index contributed by atoms with van der Waals surface area (Å²) in [5, 5.41) is 3.96. The zero-order chi connectivity index (χ0) is 45.8. The highest BCUT2D eigenvalue weighted by Crippen LogP contribution is 2.24. The van der Waals surface area contributed by atoms with E-state index in [0.29, 0.717) is 24.2 Å². The van der Waals surface area contributed by atoms with Crippen molar-refractivity contribution in [3.8, 4) is 0 Å². The van der Waals surface area contributed by atoms with Crippen LogP contribution in [0.4, 0.5) is 0 Å². The average molecular weight is 927 g/mol. The molecule has 0 amide bonds. The standard InChI is InChI=1S/C56H115NO4SSi/c1-6-10-14-18-22-26-27-28-29-30-31-32-34-35-39-43-48-55(57-5)54-61-63(59-50-45-41-37-24-20-16-12-8-3,60-51-46-42-38-25-21-17-13-9-4)53-47-52-62-56(58)49-44-40-36-33-23-19-15-11-7-2/h55,57H,6-54H2,1-5H3. The van der Waals surface area contributed by atoms with Gasteiger partial charge in [-0.1, -0.05) is 283 Å². The minimum absolute atomic E-state index is 0.314. The molecule has 0 saturated carbocycles. The zero-order valence-electron chi connectivity index (χ0n) is 43.8. The van der Waals surface area contributed by atoms with Crippen molar-refractivity contribution in [1.29, 1.82) is 0 Å². The molecule has 0 spiro atoms. The van der Waals surface area contributed by atoms with Crippen molar-refractivity contribution in [3.63, 3.8) is 0 Å². The number of carbonyl (C=O) groups excluding carboxylic acids is 1. The van der Waals surface area contributed by atoms with E-state index in [1.54, 1.807) is 11.8 Å². The van der Waals surface area contributed by atoms with E-state index in [-0.39, 0.29) is 0 Å². The Kier molecular flexibility index (Phi) is 53.1. The molecule has 0 heterocycles. The second-order valence-corrected chi connectivity index (χ2v) is 23.5. The third-order valence-corrected chi connectivity index (χ3v) is 17.2. The smallest absolute Gasteiger partial charge is 0.373 e. The first-order valence-corrected chi connectivity index (χ1v) is 31.7. The predicted molar refractivity (Wildman–Crippen MR) is 285 cm³/mol. The fourth-order valence-electron chi connectivity index (χ4n) is 8.87. The van der Waals surface area contributed by atoms with Gasteiger partial charge in [-0.3, -0.25) is 4.79 Å². The molecule has 7 heteroatoms. The second kappa shape index (κ2) is 53.0. The first-order valence-electron chi connectivity index (χ1n) is 28.8. The summed E-state index contributed by atoms with van der Waals surface area (Å²) < 4.78 is 20.8. The van der Waals surface area contributed by atoms with Gasteiger partial charge < -0.3 is 18.6 Å². The Morgan fingerprint density at radius 2 is 0.730 bits per heavy atom. The molecule has 63 heavy (non-hydrogen) atoms. The summed E-state index contributed by atoms with van der Waals surface area (Å²) in [6.45, 7) is 11.3. The van der Waals surface area contributed by atoms with Gasteiger partial charge in [0, 0.05) is 37.5 Å². The molecule has 0 fully saturated rings. The van der Waals surface area contributed by atoms with Gasteiger partial charge in [-0.2, -0.15) is 0 Å². The van der Waals surface area contributed by atoms with Crippen LogP contribution in [-0.4, -0.2) is 52.6 Å². The lowest BCUT2D eigenvalue weighted by atomic mass is 10.0. The molecule has 1 N–H and O–H groups in total. The highest BCUT2D eigenvalue weighted by molar-refractivity contribution is 8.13. The van der Waals surface area contributed by atoms with Crippen molar-refractivity contribution in [1.82, 2.24) is 5.32 Å². The van der Waals surface area contributed by atoms with Gasteiger partial charge in [0.1, 0.15) is 0 Å². The van der Waals surface area contributed by atoms with E-state index in [1.165, 1.54) is 244 Å². The van der Waals surface area contributed by atoms with E-state index in [0.717, 1.165) is 57.1 Å². The van der Waals surface area contributed by atoms with Crippen LogP contribution in [0.5, 0.6) is 0 Å². The molecule has 0 saturated heterocycles. The van der Waals surface area contributed by atoms with Gasteiger partial charge in [-0.15, -0.1) is 0 Å². The Balaban J connectivity index is 5.05. The summed E-state index contributed by atoms with van der Waals surface area (Å²) in [5.41, 5.74) is 0. The van der Waals surface area contributed by atoms with Crippen LogP contribution in [0.3, 0.4) is 0 Å². The third-order valence-electron chi connectivity index (χ3n) is 13.3. The first kappa shape index (κ1) is 63.1. The topological polar surface area (TPSA) is 56.8 Å². The number of unbranched alkanes of at least 4 members (excludes halogenated alkanes) is 37. The van der Waals surface area contributed by atoms with E-state index in [1.807, 2.05) is 0 Å². The number of likely N-dealkylation sites (N-methyl/N-ethyl adjacent to an activating group) is 1. The first-order chi connectivity index (χ1) is 31.1. The van der Waals surface area contributed by atoms with Gasteiger partial charge >= 0.3 is 8.80 Å². The normalized spacial score (nSPS) is 12.5. The quantitative estimate of drug-likeness (QED) is 0.0484. The summed E-state index contributed by atoms with van der Waals surface area (Å²) in [7, 11) is -0.828. The predicted octanol–water partition coefficient (Wildman–Crippen LogP) is 19.1. The highest BCUT2D eigenvalue weighted by atomic mass is 32.2. The molecule has 0 rings (SSSR count). The van der Waals surface area contributed by atoms with Crippen molar-refractivity contribution in [2.24, 2.45) is 0 Å². The van der Waals surface area contributed by atoms with E-state index in [4.69, 9.17) is 13.3 Å². The van der Waals surface area contributed by atoms with Gasteiger partial charge in [-0.05, 0) is 39.2 Å². The van der Waals surface area contributed by atoms with E-state index < -0.39 is 8.80 Å². The molecule has 0 aromatic heterocycles. The summed E-state index contributed by atoms with van der Waals surface area (Å²) in [5.74, 6) is 0.839. The summed E-state index contributed by atoms with van der Waals surface area (Å²) in [6.07, 6.45) is 57.4. The minimum atomic E-state index is -2.93. The Morgan fingerprint density at radius 3 is 1.08 bits per heavy atom. The highest BCUT2D eigenvalue weighted by Gasteiger charge is 2.41. The van der Waals surface area contributed by atoms with Gasteiger partial charge in [0.15, 0.2) is 5.12 Å². The zero-order valence-corrected chi connectivity index (χ0v) is 45.6. The van der Waals surface area contributed by atoms with Crippen LogP contribution >= 0.6 is 11.8 Å². The Hall–Kier alpha value is 0.0769. The molecule has 1 unspecified atom stereocenters. The maximum Gasteiger partial charge on any atom is 0.501 e. The monoisotopic (exact) mass is 926 g/mol. The van der Waals surface area contributed by atoms with Crippen LogP contribution in [0.25, 0.3) is 0 Å². The van der Waals surface area contributed by atoms with Gasteiger partial charge in [0.2, 0.25) is 0 Å². The van der Waals surface area contributed by atoms with Crippen molar-refractivity contribution in [3.05, 3.63) is 0 Å². The molecule has 378 valence electrons. The fourth-order valence-corrected chi connectivity index (χ4v) is 12.6. The number of hydrogen-bond donors (Lipinski definition) is 1. The molecule has 0 aromatic rings. The molecule has 1 atom stereocenters. The van der Waals surface area contributed by atoms with Crippen LogP contribution in [0, 0.1) is 0 Å². The molecule has 0 aliphatic heterocycles. The molecular formula is C56H115NO4SSi. The number of rotatable bonds is 55. The van der Waals surface area contributed by atoms with E-state index in [2.05, 4.69) is 40.1 Å². The number of hydrogen-bond acceptors (Lipinski definition) is 6. The summed E-state index contributed by atoms with van der Waals surface area (Å²) >= 11 is 1.54. The molecule has 0 aromatic carbocycles. The lowest BCUT2D eigenvalue weighted by Gasteiger charge is -2.32. The van der Waals surface area contributed by atoms with Crippen LogP contribution in [0.1, 0.15) is 310 Å². The summed E-state index contributed by atoms with van der Waals surface area (Å²) in [6, 6.07) is 1.13. The Morgan fingerprint density at radius 1 is 0.413 bits per heavy atom. The molecule has 0 aliphatic carbocycles. The van der Waals surface area contributed by atoms with Crippen molar-refractivity contribution in [2.45, 2.75) is 322 Å². The van der Waals surface area contributed by atoms with Crippen LogP contribution in [-0.2, 0) is 18.1 Å². The number of thioether (sulfide) groups is 1. The largest absolute Gasteiger partial charge is 0.501 e. The van der Waals surface area contributed by atoms with Crippen LogP contribution in [0.2, 0.25) is 6.04 Å². The van der Waals surface area contributed by atoms with Gasteiger partial charge in [0.05, 0.1) is 6.61 Å². The maximum atomic E-state index is 12.9. The molecule has 0 bridgehead atoms. The van der Waals surface area contributed by atoms with Crippen molar-refractivity contribution >= 4 is 25.7 Å². The molecular weight excluding hydrogens is 811 g/mol. The summed E-state index contributed by atoms with van der Waals surface area (Å²) in [4.78, 5) is 12.9. The van der Waals surface area contributed by atoms with E-state index in [9.17, 15) is 4.79 Å². The lowest BCUT2D eigenvalue weighted by molar-refractivity contribution is -0.111. The fraction of sp³-hybridized carbons (Fsp3) is 0.982. The molecule has 0 aliphatic rings. The number of carbonyl (C=O) groups is 1. The third kappa shape index (κ3) is 47.0.